The number of hydrogen-bond acceptors (Lipinski definition) is 6. The highest BCUT2D eigenvalue weighted by Gasteiger charge is 2.20. The molecule has 0 radical (unpaired) electrons. The van der Waals surface area contributed by atoms with Gasteiger partial charge in [0.25, 0.3) is 5.91 Å². The highest BCUT2D eigenvalue weighted by atomic mass is 16.5. The first-order chi connectivity index (χ1) is 12.9. The Morgan fingerprint density at radius 2 is 1.93 bits per heavy atom. The fourth-order valence-corrected chi connectivity index (χ4v) is 2.21. The van der Waals surface area contributed by atoms with Gasteiger partial charge >= 0.3 is 12.0 Å². The molecule has 2 N–H and O–H groups in total. The molecule has 0 saturated heterocycles. The van der Waals surface area contributed by atoms with Crippen molar-refractivity contribution in [3.63, 3.8) is 0 Å². The summed E-state index contributed by atoms with van der Waals surface area (Å²) in [5.41, 5.74) is 2.05. The SMILES string of the molecule is CCNC(=O)NC(=O)[C@H](C)OC(=O)CCc1ncc(-c2ccc(C)cc2)o1. The number of esters is 1. The van der Waals surface area contributed by atoms with Crippen LogP contribution < -0.4 is 10.6 Å². The molecule has 1 aromatic carbocycles. The second kappa shape index (κ2) is 9.51. The first-order valence-electron chi connectivity index (χ1n) is 8.69. The van der Waals surface area contributed by atoms with Gasteiger partial charge in [0, 0.05) is 18.5 Å². The van der Waals surface area contributed by atoms with Crippen LogP contribution in [0.15, 0.2) is 34.9 Å². The number of imide groups is 1. The van der Waals surface area contributed by atoms with Crippen LogP contribution in [-0.2, 0) is 20.7 Å². The normalized spacial score (nSPS) is 11.5. The van der Waals surface area contributed by atoms with E-state index in [1.54, 1.807) is 13.1 Å². The lowest BCUT2D eigenvalue weighted by molar-refractivity contribution is -0.154. The Balaban J connectivity index is 1.81. The Kier molecular flexibility index (Phi) is 7.10. The number of hydrogen-bond donors (Lipinski definition) is 2. The largest absolute Gasteiger partial charge is 0.453 e. The number of aryl methyl sites for hydroxylation is 2. The molecule has 3 amide bonds. The zero-order chi connectivity index (χ0) is 19.8. The predicted molar refractivity (Wildman–Crippen MR) is 97.8 cm³/mol. The van der Waals surface area contributed by atoms with Crippen LogP contribution in [0.5, 0.6) is 0 Å². The summed E-state index contributed by atoms with van der Waals surface area (Å²) in [6.07, 6.45) is 0.781. The number of ether oxygens (including phenoxy) is 1. The molecule has 1 atom stereocenters. The van der Waals surface area contributed by atoms with Crippen molar-refractivity contribution < 1.29 is 23.5 Å². The molecule has 0 aliphatic rings. The molecule has 27 heavy (non-hydrogen) atoms. The van der Waals surface area contributed by atoms with Crippen LogP contribution >= 0.6 is 0 Å². The summed E-state index contributed by atoms with van der Waals surface area (Å²) < 4.78 is 10.7. The van der Waals surface area contributed by atoms with Crippen molar-refractivity contribution in [1.29, 1.82) is 0 Å². The molecule has 8 nitrogen and oxygen atoms in total. The van der Waals surface area contributed by atoms with Crippen LogP contribution in [0.2, 0.25) is 0 Å². The number of nitrogens with one attached hydrogen (secondary N) is 2. The van der Waals surface area contributed by atoms with Crippen molar-refractivity contribution in [2.45, 2.75) is 39.7 Å². The second-order valence-corrected chi connectivity index (χ2v) is 5.97. The molecule has 0 spiro atoms. The summed E-state index contributed by atoms with van der Waals surface area (Å²) in [6, 6.07) is 7.18. The zero-order valence-corrected chi connectivity index (χ0v) is 15.6. The average molecular weight is 373 g/mol. The van der Waals surface area contributed by atoms with Gasteiger partial charge in [-0.3, -0.25) is 14.9 Å². The van der Waals surface area contributed by atoms with Gasteiger partial charge in [-0.25, -0.2) is 9.78 Å². The van der Waals surface area contributed by atoms with Crippen LogP contribution in [-0.4, -0.2) is 35.5 Å². The number of oxazole rings is 1. The lowest BCUT2D eigenvalue weighted by atomic mass is 10.1. The van der Waals surface area contributed by atoms with Crippen LogP contribution in [0, 0.1) is 6.92 Å². The summed E-state index contributed by atoms with van der Waals surface area (Å²) in [5, 5.41) is 4.51. The van der Waals surface area contributed by atoms with E-state index in [1.165, 1.54) is 6.92 Å². The molecular weight excluding hydrogens is 350 g/mol. The van der Waals surface area contributed by atoms with Gasteiger partial charge in [0.2, 0.25) is 0 Å². The molecule has 0 aliphatic carbocycles. The third-order valence-electron chi connectivity index (χ3n) is 3.68. The third-order valence-corrected chi connectivity index (χ3v) is 3.68. The van der Waals surface area contributed by atoms with Crippen LogP contribution in [0.25, 0.3) is 11.3 Å². The molecular formula is C19H23N3O5. The number of carbonyl (C=O) groups is 3. The Hall–Kier alpha value is -3.16. The Labute approximate surface area is 157 Å². The highest BCUT2D eigenvalue weighted by molar-refractivity contribution is 5.97. The fourth-order valence-electron chi connectivity index (χ4n) is 2.21. The number of amides is 3. The molecule has 0 bridgehead atoms. The molecule has 144 valence electrons. The number of carbonyl (C=O) groups excluding carboxylic acids is 3. The van der Waals surface area contributed by atoms with E-state index in [-0.39, 0.29) is 12.8 Å². The first-order valence-corrected chi connectivity index (χ1v) is 8.69. The van der Waals surface area contributed by atoms with Crippen LogP contribution in [0.3, 0.4) is 0 Å². The molecule has 0 saturated carbocycles. The van der Waals surface area contributed by atoms with Crippen molar-refractivity contribution in [2.24, 2.45) is 0 Å². The summed E-state index contributed by atoms with van der Waals surface area (Å²) in [4.78, 5) is 39.1. The Bertz CT molecular complexity index is 798. The lowest BCUT2D eigenvalue weighted by Crippen LogP contribution is -2.44. The number of nitrogens with zero attached hydrogens (tertiary/aromatic N) is 1. The average Bonchev–Trinajstić information content (AvgIpc) is 3.09. The van der Waals surface area contributed by atoms with Crippen molar-refractivity contribution in [1.82, 2.24) is 15.6 Å². The molecule has 0 fully saturated rings. The lowest BCUT2D eigenvalue weighted by Gasteiger charge is -2.12. The summed E-state index contributed by atoms with van der Waals surface area (Å²) in [5.74, 6) is -0.245. The van der Waals surface area contributed by atoms with Crippen molar-refractivity contribution in [3.05, 3.63) is 41.9 Å². The highest BCUT2D eigenvalue weighted by Crippen LogP contribution is 2.21. The molecule has 8 heteroatoms. The van der Waals surface area contributed by atoms with Gasteiger partial charge in [0.05, 0.1) is 12.6 Å². The second-order valence-electron chi connectivity index (χ2n) is 5.97. The quantitative estimate of drug-likeness (QED) is 0.721. The van der Waals surface area contributed by atoms with Gasteiger partial charge in [-0.05, 0) is 20.8 Å². The molecule has 2 aromatic rings. The third kappa shape index (κ3) is 6.25. The van der Waals surface area contributed by atoms with Gasteiger partial charge in [0.15, 0.2) is 17.8 Å². The van der Waals surface area contributed by atoms with Gasteiger partial charge in [-0.1, -0.05) is 29.8 Å². The smallest absolute Gasteiger partial charge is 0.321 e. The summed E-state index contributed by atoms with van der Waals surface area (Å²) in [6.45, 7) is 5.50. The van der Waals surface area contributed by atoms with Gasteiger partial charge in [-0.15, -0.1) is 0 Å². The maximum Gasteiger partial charge on any atom is 0.321 e. The fraction of sp³-hybridized carbons (Fsp3) is 0.368. The Morgan fingerprint density at radius 1 is 1.22 bits per heavy atom. The molecule has 1 aromatic heterocycles. The topological polar surface area (TPSA) is 111 Å². The number of aromatic nitrogens is 1. The minimum atomic E-state index is -1.08. The van der Waals surface area contributed by atoms with E-state index < -0.39 is 24.0 Å². The van der Waals surface area contributed by atoms with Gasteiger partial charge in [0.1, 0.15) is 0 Å². The van der Waals surface area contributed by atoms with E-state index in [9.17, 15) is 14.4 Å². The van der Waals surface area contributed by atoms with Gasteiger partial charge in [-0.2, -0.15) is 0 Å². The summed E-state index contributed by atoms with van der Waals surface area (Å²) in [7, 11) is 0. The Morgan fingerprint density at radius 3 is 2.59 bits per heavy atom. The van der Waals surface area contributed by atoms with Crippen LogP contribution in [0.4, 0.5) is 4.79 Å². The van der Waals surface area contributed by atoms with E-state index in [1.807, 2.05) is 31.2 Å². The minimum Gasteiger partial charge on any atom is -0.453 e. The molecule has 0 unspecified atom stereocenters. The minimum absolute atomic E-state index is 0.00657. The van der Waals surface area contributed by atoms with Crippen molar-refractivity contribution in [3.8, 4) is 11.3 Å². The van der Waals surface area contributed by atoms with E-state index >= 15 is 0 Å². The van der Waals surface area contributed by atoms with E-state index in [4.69, 9.17) is 9.15 Å². The van der Waals surface area contributed by atoms with Gasteiger partial charge < -0.3 is 14.5 Å². The van der Waals surface area contributed by atoms with E-state index in [0.717, 1.165) is 11.1 Å². The summed E-state index contributed by atoms with van der Waals surface area (Å²) >= 11 is 0. The maximum atomic E-state index is 11.9. The molecule has 0 aliphatic heterocycles. The number of urea groups is 1. The molecule has 1 heterocycles. The predicted octanol–water partition coefficient (Wildman–Crippen LogP) is 2.36. The van der Waals surface area contributed by atoms with Crippen LogP contribution in [0.1, 0.15) is 31.7 Å². The van der Waals surface area contributed by atoms with Crippen molar-refractivity contribution in [2.75, 3.05) is 6.54 Å². The standard InChI is InChI=1S/C19H23N3O5/c1-4-20-19(25)22-18(24)13(3)26-17(23)10-9-16-21-11-15(27-16)14-7-5-12(2)6-8-14/h5-8,11,13H,4,9-10H2,1-3H3,(H2,20,22,24,25)/t13-/m0/s1. The zero-order valence-electron chi connectivity index (χ0n) is 15.6. The van der Waals surface area contributed by atoms with E-state index in [2.05, 4.69) is 15.6 Å². The monoisotopic (exact) mass is 373 g/mol. The molecule has 2 rings (SSSR count). The van der Waals surface area contributed by atoms with Crippen molar-refractivity contribution >= 4 is 17.9 Å². The number of benzene rings is 1. The van der Waals surface area contributed by atoms with E-state index in [0.29, 0.717) is 18.2 Å². The first kappa shape index (κ1) is 20.2. The number of rotatable bonds is 7. The maximum absolute atomic E-state index is 11.9.